The van der Waals surface area contributed by atoms with Gasteiger partial charge in [-0.1, -0.05) is 50.2 Å². The molecule has 3 aromatic rings. The first-order valence-electron chi connectivity index (χ1n) is 17.4. The molecule has 0 aliphatic carbocycles. The van der Waals surface area contributed by atoms with Crippen LogP contribution < -0.4 is 30.7 Å². The quantitative estimate of drug-likeness (QED) is 0.293. The van der Waals surface area contributed by atoms with Crippen LogP contribution >= 0.6 is 12.4 Å². The second-order valence-electron chi connectivity index (χ2n) is 13.5. The summed E-state index contributed by atoms with van der Waals surface area (Å²) in [7, 11) is 3.16. The third kappa shape index (κ3) is 10.7. The van der Waals surface area contributed by atoms with E-state index >= 15 is 0 Å². The number of carbonyl (C=O) groups is 4. The molecular weight excluding hydrogens is 670 g/mol. The fourth-order valence-corrected chi connectivity index (χ4v) is 6.70. The number of aryl methyl sites for hydroxylation is 1. The molecule has 3 aromatic carbocycles. The number of ether oxygens (including phenoxy) is 2. The summed E-state index contributed by atoms with van der Waals surface area (Å²) in [6, 6.07) is 18.7. The monoisotopic (exact) mass is 719 g/mol. The van der Waals surface area contributed by atoms with E-state index in [9.17, 15) is 19.2 Å². The number of hydrogen-bond donors (Lipinski definition) is 4. The third-order valence-electron chi connectivity index (χ3n) is 9.28. The van der Waals surface area contributed by atoms with Crippen LogP contribution in [0.5, 0.6) is 11.5 Å². The molecule has 12 heteroatoms. The van der Waals surface area contributed by atoms with E-state index in [0.29, 0.717) is 55.8 Å². The number of nitrogens with one attached hydrogen (secondary N) is 4. The van der Waals surface area contributed by atoms with Crippen LogP contribution in [0.4, 0.5) is 0 Å². The molecule has 51 heavy (non-hydrogen) atoms. The minimum absolute atomic E-state index is 0. The number of nitrogens with zero attached hydrogens (tertiary/aromatic N) is 1. The van der Waals surface area contributed by atoms with Gasteiger partial charge in [-0.3, -0.25) is 19.2 Å². The first-order valence-corrected chi connectivity index (χ1v) is 17.4. The van der Waals surface area contributed by atoms with E-state index in [-0.39, 0.29) is 61.5 Å². The van der Waals surface area contributed by atoms with E-state index in [1.165, 1.54) is 0 Å². The standard InChI is InChI=1S/C39H49N5O6.ClH/c1-25(2)18-31-23-44(39(48)34-21-27-8-5-6-9-30(27)22-41-34)24-36(45)40-17-7-10-28-20-29(13-16-35(28)50-4)37(46)43-33(38(47)42-31)19-26-11-14-32(49-3)15-12-26;/h5-6,8-9,11-16,20,25,31,33-34,41H,7,10,17-19,21-24H2,1-4H3,(H,40,45)(H,42,47)(H,43,46);1H/t31?,33-,34+;/m0./s1. The molecular formula is C39H50ClN5O6. The molecule has 274 valence electrons. The summed E-state index contributed by atoms with van der Waals surface area (Å²) in [6.07, 6.45) is 2.44. The lowest BCUT2D eigenvalue weighted by molar-refractivity contribution is -0.138. The van der Waals surface area contributed by atoms with Gasteiger partial charge in [-0.05, 0) is 84.2 Å². The van der Waals surface area contributed by atoms with E-state index in [1.807, 2.05) is 62.4 Å². The first kappa shape index (κ1) is 39.2. The van der Waals surface area contributed by atoms with Gasteiger partial charge in [0.25, 0.3) is 5.91 Å². The summed E-state index contributed by atoms with van der Waals surface area (Å²) in [4.78, 5) is 57.0. The highest BCUT2D eigenvalue weighted by Crippen LogP contribution is 2.23. The highest BCUT2D eigenvalue weighted by atomic mass is 35.5. The van der Waals surface area contributed by atoms with E-state index < -0.39 is 18.1 Å². The Labute approximate surface area is 306 Å². The Kier molecular flexibility index (Phi) is 14.3. The van der Waals surface area contributed by atoms with Gasteiger partial charge in [-0.2, -0.15) is 0 Å². The van der Waals surface area contributed by atoms with Gasteiger partial charge < -0.3 is 35.6 Å². The Morgan fingerprint density at radius 2 is 1.67 bits per heavy atom. The second-order valence-corrected chi connectivity index (χ2v) is 13.5. The first-order chi connectivity index (χ1) is 24.1. The lowest BCUT2D eigenvalue weighted by Crippen LogP contribution is -2.57. The highest BCUT2D eigenvalue weighted by Gasteiger charge is 2.32. The Balaban J connectivity index is 0.00000583. The number of halogens is 1. The molecule has 3 atom stereocenters. The SMILES string of the molecule is COc1ccc(C[C@@H]2NC(=O)c3ccc(OC)c(c3)CCCNC(=O)CN(C(=O)[C@H]3Cc4ccccc4CN3)CC(CC(C)C)NC2=O)cc1.Cl. The number of fused-ring (bicyclic) bond motifs is 3. The van der Waals surface area contributed by atoms with Crippen LogP contribution in [-0.4, -0.2) is 80.5 Å². The number of rotatable bonds is 7. The summed E-state index contributed by atoms with van der Waals surface area (Å²) in [5.41, 5.74) is 4.30. The number of methoxy groups -OCH3 is 2. The van der Waals surface area contributed by atoms with Crippen molar-refractivity contribution in [3.8, 4) is 11.5 Å². The van der Waals surface area contributed by atoms with Crippen molar-refractivity contribution in [1.29, 1.82) is 0 Å². The minimum Gasteiger partial charge on any atom is -0.497 e. The van der Waals surface area contributed by atoms with Crippen molar-refractivity contribution >= 4 is 36.0 Å². The van der Waals surface area contributed by atoms with Gasteiger partial charge in [0.05, 0.1) is 26.8 Å². The maximum absolute atomic E-state index is 14.2. The summed E-state index contributed by atoms with van der Waals surface area (Å²) < 4.78 is 10.9. The fraction of sp³-hybridized carbons (Fsp3) is 0.436. The largest absolute Gasteiger partial charge is 0.497 e. The average Bonchev–Trinajstić information content (AvgIpc) is 3.11. The number of benzene rings is 3. The molecule has 2 bridgehead atoms. The van der Waals surface area contributed by atoms with Crippen LogP contribution in [0.3, 0.4) is 0 Å². The Morgan fingerprint density at radius 1 is 0.922 bits per heavy atom. The van der Waals surface area contributed by atoms with Crippen LogP contribution in [0, 0.1) is 5.92 Å². The van der Waals surface area contributed by atoms with Gasteiger partial charge >= 0.3 is 0 Å². The van der Waals surface area contributed by atoms with Gasteiger partial charge in [0.15, 0.2) is 0 Å². The minimum atomic E-state index is -0.921. The summed E-state index contributed by atoms with van der Waals surface area (Å²) in [5.74, 6) is 0.257. The Morgan fingerprint density at radius 3 is 2.37 bits per heavy atom. The van der Waals surface area contributed by atoms with Gasteiger partial charge in [0.1, 0.15) is 17.5 Å². The molecule has 2 aliphatic heterocycles. The average molecular weight is 720 g/mol. The maximum atomic E-state index is 14.2. The molecule has 0 saturated carbocycles. The van der Waals surface area contributed by atoms with E-state index in [0.717, 1.165) is 22.3 Å². The van der Waals surface area contributed by atoms with E-state index in [1.54, 1.807) is 37.3 Å². The van der Waals surface area contributed by atoms with Crippen molar-refractivity contribution < 1.29 is 28.7 Å². The van der Waals surface area contributed by atoms with Crippen LogP contribution in [0.2, 0.25) is 0 Å². The number of carbonyl (C=O) groups excluding carboxylic acids is 4. The molecule has 0 fully saturated rings. The molecule has 1 unspecified atom stereocenters. The van der Waals surface area contributed by atoms with Crippen LogP contribution in [0.1, 0.15) is 59.3 Å². The van der Waals surface area contributed by atoms with Crippen molar-refractivity contribution in [2.75, 3.05) is 33.9 Å². The van der Waals surface area contributed by atoms with Gasteiger partial charge in [0, 0.05) is 37.7 Å². The normalized spacial score (nSPS) is 20.1. The highest BCUT2D eigenvalue weighted by molar-refractivity contribution is 5.98. The second kappa shape index (κ2) is 18.6. The van der Waals surface area contributed by atoms with Gasteiger partial charge in [-0.25, -0.2) is 0 Å². The maximum Gasteiger partial charge on any atom is 0.251 e. The van der Waals surface area contributed by atoms with Crippen LogP contribution in [0.25, 0.3) is 0 Å². The molecule has 2 aliphatic rings. The molecule has 0 saturated heterocycles. The van der Waals surface area contributed by atoms with E-state index in [4.69, 9.17) is 9.47 Å². The van der Waals surface area contributed by atoms with Crippen molar-refractivity contribution in [2.24, 2.45) is 5.92 Å². The van der Waals surface area contributed by atoms with Crippen LogP contribution in [0.15, 0.2) is 66.7 Å². The van der Waals surface area contributed by atoms with Crippen molar-refractivity contribution in [1.82, 2.24) is 26.2 Å². The van der Waals surface area contributed by atoms with Crippen LogP contribution in [-0.2, 0) is 40.2 Å². The molecule has 11 nitrogen and oxygen atoms in total. The van der Waals surface area contributed by atoms with E-state index in [2.05, 4.69) is 21.3 Å². The molecule has 5 rings (SSSR count). The number of hydrogen-bond acceptors (Lipinski definition) is 7. The summed E-state index contributed by atoms with van der Waals surface area (Å²) in [6.45, 7) is 5.02. The smallest absolute Gasteiger partial charge is 0.251 e. The predicted octanol–water partition coefficient (Wildman–Crippen LogP) is 3.60. The van der Waals surface area contributed by atoms with Gasteiger partial charge in [0.2, 0.25) is 17.7 Å². The van der Waals surface area contributed by atoms with Crippen molar-refractivity contribution in [3.05, 3.63) is 94.5 Å². The van der Waals surface area contributed by atoms with Crippen molar-refractivity contribution in [2.45, 2.75) is 70.6 Å². The molecule has 0 radical (unpaired) electrons. The molecule has 4 N–H and O–H groups in total. The zero-order valence-electron chi connectivity index (χ0n) is 29.8. The fourth-order valence-electron chi connectivity index (χ4n) is 6.70. The van der Waals surface area contributed by atoms with Crippen molar-refractivity contribution in [3.63, 3.8) is 0 Å². The third-order valence-corrected chi connectivity index (χ3v) is 9.28. The number of amides is 4. The zero-order valence-corrected chi connectivity index (χ0v) is 30.6. The summed E-state index contributed by atoms with van der Waals surface area (Å²) >= 11 is 0. The lowest BCUT2D eigenvalue weighted by Gasteiger charge is -2.34. The molecule has 0 spiro atoms. The Hall–Kier alpha value is -4.61. The molecule has 0 aromatic heterocycles. The molecule has 2 heterocycles. The Bertz CT molecular complexity index is 1670. The lowest BCUT2D eigenvalue weighted by atomic mass is 9.95. The zero-order chi connectivity index (χ0) is 35.6. The summed E-state index contributed by atoms with van der Waals surface area (Å²) in [5, 5.41) is 12.5. The topological polar surface area (TPSA) is 138 Å². The van der Waals surface area contributed by atoms with Gasteiger partial charge in [-0.15, -0.1) is 12.4 Å². The molecule has 4 amide bonds. The predicted molar refractivity (Wildman–Crippen MR) is 198 cm³/mol.